The molecule has 18 heavy (non-hydrogen) atoms. The molecule has 3 N–H and O–H groups in total. The molecule has 0 aliphatic heterocycles. The molecule has 0 saturated heterocycles. The minimum absolute atomic E-state index is 0.0513. The summed E-state index contributed by atoms with van der Waals surface area (Å²) in [6.45, 7) is 1.87. The minimum atomic E-state index is -0.534. The number of aryl methyl sites for hydroxylation is 1. The van der Waals surface area contributed by atoms with Crippen LogP contribution in [0.4, 0.5) is 15.8 Å². The normalized spacial score (nSPS) is 10.3. The van der Waals surface area contributed by atoms with E-state index in [0.717, 1.165) is 11.5 Å². The van der Waals surface area contributed by atoms with Crippen molar-refractivity contribution in [3.8, 4) is 0 Å². The number of nitrogens with one attached hydrogen (secondary N) is 1. The second-order valence-electron chi connectivity index (χ2n) is 3.60. The summed E-state index contributed by atoms with van der Waals surface area (Å²) in [5.74, 6) is -0.959. The summed E-state index contributed by atoms with van der Waals surface area (Å²) in [6, 6.07) is 4.00. The maximum atomic E-state index is 13.5. The summed E-state index contributed by atoms with van der Waals surface area (Å²) in [5, 5.41) is 6.29. The van der Waals surface area contributed by atoms with E-state index in [1.165, 1.54) is 18.2 Å². The van der Waals surface area contributed by atoms with Crippen LogP contribution < -0.4 is 11.1 Å². The summed E-state index contributed by atoms with van der Waals surface area (Å²) in [6.07, 6.45) is 0.596. The zero-order chi connectivity index (χ0) is 13.1. The monoisotopic (exact) mass is 266 g/mol. The van der Waals surface area contributed by atoms with Crippen LogP contribution in [0.2, 0.25) is 0 Å². The lowest BCUT2D eigenvalue weighted by molar-refractivity contribution is 0.102. The Hall–Kier alpha value is -2.02. The van der Waals surface area contributed by atoms with Gasteiger partial charge in [-0.25, -0.2) is 4.39 Å². The van der Waals surface area contributed by atoms with Gasteiger partial charge in [0.15, 0.2) is 0 Å². The molecule has 2 aromatic rings. The number of aromatic nitrogens is 2. The number of amides is 1. The van der Waals surface area contributed by atoms with Crippen molar-refractivity contribution in [3.05, 3.63) is 34.6 Å². The van der Waals surface area contributed by atoms with Gasteiger partial charge < -0.3 is 11.1 Å². The molecule has 5 nitrogen and oxygen atoms in total. The van der Waals surface area contributed by atoms with Crippen molar-refractivity contribution < 1.29 is 9.18 Å². The fourth-order valence-corrected chi connectivity index (χ4v) is 2.08. The number of halogens is 1. The van der Waals surface area contributed by atoms with Crippen molar-refractivity contribution >= 4 is 28.8 Å². The maximum Gasteiger partial charge on any atom is 0.269 e. The lowest BCUT2D eigenvalue weighted by Crippen LogP contribution is -2.13. The number of nitrogen functional groups attached to an aromatic ring is 1. The summed E-state index contributed by atoms with van der Waals surface area (Å²) in [4.78, 5) is 12.3. The molecule has 7 heteroatoms. The van der Waals surface area contributed by atoms with Crippen molar-refractivity contribution in [1.82, 2.24) is 9.59 Å². The predicted molar refractivity (Wildman–Crippen MR) is 68.1 cm³/mol. The fourth-order valence-electron chi connectivity index (χ4n) is 1.43. The van der Waals surface area contributed by atoms with E-state index in [0.29, 0.717) is 22.7 Å². The zero-order valence-corrected chi connectivity index (χ0v) is 10.4. The standard InChI is InChI=1S/C11H11FN4OS/c1-2-8-10(18-16-15-8)11(17)14-9-5-6(13)3-4-7(9)12/h3-5H,2,13H2,1H3,(H,14,17). The number of anilines is 2. The number of benzene rings is 1. The second-order valence-corrected chi connectivity index (χ2v) is 4.35. The molecule has 94 valence electrons. The Bertz CT molecular complexity index is 584. The predicted octanol–water partition coefficient (Wildman–Crippen LogP) is 2.07. The Morgan fingerprint density at radius 2 is 2.33 bits per heavy atom. The molecule has 0 atom stereocenters. The number of rotatable bonds is 3. The molecule has 0 fully saturated rings. The first-order valence-electron chi connectivity index (χ1n) is 5.29. The largest absolute Gasteiger partial charge is 0.399 e. The van der Waals surface area contributed by atoms with Crippen molar-refractivity contribution in [1.29, 1.82) is 0 Å². The van der Waals surface area contributed by atoms with E-state index in [1.54, 1.807) is 0 Å². The van der Waals surface area contributed by atoms with Gasteiger partial charge in [0.2, 0.25) is 0 Å². The Kier molecular flexibility index (Phi) is 3.52. The number of hydrogen-bond donors (Lipinski definition) is 2. The first-order chi connectivity index (χ1) is 8.61. The maximum absolute atomic E-state index is 13.5. The molecule has 1 aromatic carbocycles. The molecule has 0 unspecified atom stereocenters. The molecule has 0 radical (unpaired) electrons. The molecule has 0 aliphatic rings. The van der Waals surface area contributed by atoms with Gasteiger partial charge in [-0.15, -0.1) is 5.10 Å². The molecule has 1 amide bonds. The van der Waals surface area contributed by atoms with Crippen LogP contribution in [-0.2, 0) is 6.42 Å². The lowest BCUT2D eigenvalue weighted by Gasteiger charge is -2.06. The van der Waals surface area contributed by atoms with Crippen molar-refractivity contribution in [2.24, 2.45) is 0 Å². The fraction of sp³-hybridized carbons (Fsp3) is 0.182. The Morgan fingerprint density at radius 3 is 3.06 bits per heavy atom. The van der Waals surface area contributed by atoms with Crippen molar-refractivity contribution in [2.75, 3.05) is 11.1 Å². The first-order valence-corrected chi connectivity index (χ1v) is 6.06. The molecule has 1 heterocycles. The third-order valence-corrected chi connectivity index (χ3v) is 3.10. The highest BCUT2D eigenvalue weighted by Gasteiger charge is 2.16. The van der Waals surface area contributed by atoms with Gasteiger partial charge in [0.25, 0.3) is 5.91 Å². The Labute approximate surface area is 107 Å². The van der Waals surface area contributed by atoms with E-state index >= 15 is 0 Å². The average Bonchev–Trinajstić information content (AvgIpc) is 2.82. The van der Waals surface area contributed by atoms with Crippen LogP contribution in [0, 0.1) is 5.82 Å². The van der Waals surface area contributed by atoms with Gasteiger partial charge in [-0.2, -0.15) is 0 Å². The molecule has 0 bridgehead atoms. The third kappa shape index (κ3) is 2.45. The summed E-state index contributed by atoms with van der Waals surface area (Å²) >= 11 is 0.985. The van der Waals surface area contributed by atoms with Crippen molar-refractivity contribution in [3.63, 3.8) is 0 Å². The van der Waals surface area contributed by atoms with Crippen LogP contribution >= 0.6 is 11.5 Å². The van der Waals surface area contributed by atoms with Gasteiger partial charge in [-0.05, 0) is 36.2 Å². The van der Waals surface area contributed by atoms with E-state index in [9.17, 15) is 9.18 Å². The smallest absolute Gasteiger partial charge is 0.269 e. The number of carbonyl (C=O) groups is 1. The summed E-state index contributed by atoms with van der Waals surface area (Å²) in [7, 11) is 0. The number of nitrogens with two attached hydrogens (primary N) is 1. The average molecular weight is 266 g/mol. The molecule has 0 spiro atoms. The first kappa shape index (κ1) is 12.4. The quantitative estimate of drug-likeness (QED) is 0.833. The van der Waals surface area contributed by atoms with Crippen LogP contribution in [-0.4, -0.2) is 15.5 Å². The highest BCUT2D eigenvalue weighted by atomic mass is 32.1. The van der Waals surface area contributed by atoms with E-state index in [-0.39, 0.29) is 5.69 Å². The lowest BCUT2D eigenvalue weighted by atomic mass is 10.2. The van der Waals surface area contributed by atoms with Crippen LogP contribution in [0.5, 0.6) is 0 Å². The van der Waals surface area contributed by atoms with Crippen LogP contribution in [0.1, 0.15) is 22.3 Å². The highest BCUT2D eigenvalue weighted by molar-refractivity contribution is 7.08. The van der Waals surface area contributed by atoms with Gasteiger partial charge in [0.1, 0.15) is 10.7 Å². The van der Waals surface area contributed by atoms with E-state index < -0.39 is 11.7 Å². The van der Waals surface area contributed by atoms with Crippen LogP contribution in [0.25, 0.3) is 0 Å². The van der Waals surface area contributed by atoms with Crippen LogP contribution in [0.3, 0.4) is 0 Å². The van der Waals surface area contributed by atoms with Gasteiger partial charge in [-0.1, -0.05) is 11.4 Å². The summed E-state index contributed by atoms with van der Waals surface area (Å²) < 4.78 is 17.2. The molecule has 2 rings (SSSR count). The minimum Gasteiger partial charge on any atom is -0.399 e. The molecule has 0 aliphatic carbocycles. The van der Waals surface area contributed by atoms with Gasteiger partial charge in [-0.3, -0.25) is 4.79 Å². The zero-order valence-electron chi connectivity index (χ0n) is 9.61. The van der Waals surface area contributed by atoms with Gasteiger partial charge >= 0.3 is 0 Å². The Morgan fingerprint density at radius 1 is 1.56 bits per heavy atom. The molecular formula is C11H11FN4OS. The van der Waals surface area contributed by atoms with E-state index in [2.05, 4.69) is 14.9 Å². The molecule has 0 saturated carbocycles. The summed E-state index contributed by atoms with van der Waals surface area (Å²) in [5.41, 5.74) is 6.57. The van der Waals surface area contributed by atoms with Crippen molar-refractivity contribution in [2.45, 2.75) is 13.3 Å². The number of nitrogens with zero attached hydrogens (tertiary/aromatic N) is 2. The van der Waals surface area contributed by atoms with Gasteiger partial charge in [0.05, 0.1) is 11.4 Å². The van der Waals surface area contributed by atoms with Gasteiger partial charge in [0, 0.05) is 5.69 Å². The molecular weight excluding hydrogens is 255 g/mol. The number of hydrogen-bond acceptors (Lipinski definition) is 5. The second kappa shape index (κ2) is 5.09. The number of carbonyl (C=O) groups excluding carboxylic acids is 1. The van der Waals surface area contributed by atoms with Crippen LogP contribution in [0.15, 0.2) is 18.2 Å². The Balaban J connectivity index is 2.24. The third-order valence-electron chi connectivity index (χ3n) is 2.34. The SMILES string of the molecule is CCc1nnsc1C(=O)Nc1cc(N)ccc1F. The van der Waals surface area contributed by atoms with E-state index in [1.807, 2.05) is 6.92 Å². The van der Waals surface area contributed by atoms with E-state index in [4.69, 9.17) is 5.73 Å². The topological polar surface area (TPSA) is 80.9 Å². The highest BCUT2D eigenvalue weighted by Crippen LogP contribution is 2.20. The molecule has 1 aromatic heterocycles.